The predicted octanol–water partition coefficient (Wildman–Crippen LogP) is 1.36. The molecule has 82 valence electrons. The van der Waals surface area contributed by atoms with Gasteiger partial charge in [-0.2, -0.15) is 0 Å². The highest BCUT2D eigenvalue weighted by Gasteiger charge is 2.15. The number of unbranched alkanes of at least 4 members (excludes halogenated alkanes) is 2. The van der Waals surface area contributed by atoms with E-state index < -0.39 is 12.1 Å². The molecule has 4 nitrogen and oxygen atoms in total. The van der Waals surface area contributed by atoms with Crippen LogP contribution in [-0.4, -0.2) is 28.1 Å². The van der Waals surface area contributed by atoms with E-state index in [2.05, 4.69) is 0 Å². The zero-order chi connectivity index (χ0) is 11.0. The van der Waals surface area contributed by atoms with Crippen molar-refractivity contribution in [3.63, 3.8) is 0 Å². The van der Waals surface area contributed by atoms with Crippen molar-refractivity contribution in [2.45, 2.75) is 51.6 Å². The van der Waals surface area contributed by atoms with E-state index in [1.165, 1.54) is 0 Å². The number of aliphatic carboxylic acids is 1. The van der Waals surface area contributed by atoms with Gasteiger partial charge in [0.2, 0.25) is 0 Å². The van der Waals surface area contributed by atoms with Crippen LogP contribution >= 0.6 is 0 Å². The largest absolute Gasteiger partial charge is 0.481 e. The number of rotatable bonds is 8. The molecule has 0 fully saturated rings. The Morgan fingerprint density at radius 2 is 1.86 bits per heavy atom. The molecule has 0 aliphatic heterocycles. The lowest BCUT2D eigenvalue weighted by Crippen LogP contribution is -2.20. The Bertz CT molecular complexity index is 189. The third-order valence-electron chi connectivity index (χ3n) is 2.04. The average Bonchev–Trinajstić information content (AvgIpc) is 2.14. The molecule has 0 saturated heterocycles. The van der Waals surface area contributed by atoms with Gasteiger partial charge in [-0.25, -0.2) is 0 Å². The molecule has 0 aromatic rings. The molecular formula is C10H18O4. The van der Waals surface area contributed by atoms with Gasteiger partial charge in [-0.05, 0) is 6.42 Å². The number of carbonyl (C=O) groups is 2. The van der Waals surface area contributed by atoms with E-state index in [0.717, 1.165) is 19.3 Å². The number of aliphatic hydroxyl groups excluding tert-OH is 1. The quantitative estimate of drug-likeness (QED) is 0.583. The maximum absolute atomic E-state index is 11.1. The minimum absolute atomic E-state index is 0.0668. The number of aliphatic hydroxyl groups is 1. The molecule has 0 aromatic heterocycles. The lowest BCUT2D eigenvalue weighted by atomic mass is 10.0. The predicted molar refractivity (Wildman–Crippen MR) is 52.0 cm³/mol. The van der Waals surface area contributed by atoms with Crippen molar-refractivity contribution in [2.24, 2.45) is 0 Å². The molecule has 14 heavy (non-hydrogen) atoms. The van der Waals surface area contributed by atoms with Crippen molar-refractivity contribution in [3.05, 3.63) is 0 Å². The fraction of sp³-hybridized carbons (Fsp3) is 0.800. The number of carbonyl (C=O) groups excluding carboxylic acids is 1. The molecule has 4 heteroatoms. The Kier molecular flexibility index (Phi) is 7.02. The topological polar surface area (TPSA) is 74.6 Å². The van der Waals surface area contributed by atoms with Gasteiger partial charge in [-0.15, -0.1) is 0 Å². The summed E-state index contributed by atoms with van der Waals surface area (Å²) in [4.78, 5) is 21.3. The summed E-state index contributed by atoms with van der Waals surface area (Å²) in [6, 6.07) is 0. The highest BCUT2D eigenvalue weighted by molar-refractivity contribution is 5.85. The summed E-state index contributed by atoms with van der Waals surface area (Å²) in [5.41, 5.74) is 0. The number of carboxylic acids is 1. The molecule has 0 saturated carbocycles. The average molecular weight is 202 g/mol. The van der Waals surface area contributed by atoms with Gasteiger partial charge in [0.1, 0.15) is 6.10 Å². The fourth-order valence-electron chi connectivity index (χ4n) is 1.15. The van der Waals surface area contributed by atoms with Gasteiger partial charge in [0, 0.05) is 6.42 Å². The van der Waals surface area contributed by atoms with Crippen LogP contribution in [0.25, 0.3) is 0 Å². The molecule has 0 aliphatic carbocycles. The second kappa shape index (κ2) is 7.50. The molecule has 0 rings (SSSR count). The van der Waals surface area contributed by atoms with Crippen LogP contribution in [0.5, 0.6) is 0 Å². The van der Waals surface area contributed by atoms with Crippen LogP contribution in [0.2, 0.25) is 0 Å². The second-order valence-electron chi connectivity index (χ2n) is 3.37. The van der Waals surface area contributed by atoms with Crippen LogP contribution in [0.15, 0.2) is 0 Å². The number of ketones is 1. The number of hydrogen-bond donors (Lipinski definition) is 2. The highest BCUT2D eigenvalue weighted by atomic mass is 16.4. The van der Waals surface area contributed by atoms with Crippen molar-refractivity contribution in [1.29, 1.82) is 0 Å². The standard InChI is InChI=1S/C10H18O4/c1-2-3-4-5-8(11)9(12)6-7-10(13)14/h8,11H,2-7H2,1H3,(H,13,14)/t8-/m1/s1. The lowest BCUT2D eigenvalue weighted by molar-refractivity contribution is -0.139. The molecule has 0 aliphatic rings. The van der Waals surface area contributed by atoms with Crippen molar-refractivity contribution in [2.75, 3.05) is 0 Å². The Hall–Kier alpha value is -0.900. The van der Waals surface area contributed by atoms with E-state index in [9.17, 15) is 14.7 Å². The number of hydrogen-bond acceptors (Lipinski definition) is 3. The first-order valence-corrected chi connectivity index (χ1v) is 5.00. The maximum Gasteiger partial charge on any atom is 0.303 e. The summed E-state index contributed by atoms with van der Waals surface area (Å²) >= 11 is 0. The van der Waals surface area contributed by atoms with Crippen LogP contribution in [0.1, 0.15) is 45.4 Å². The molecule has 0 unspecified atom stereocenters. The number of Topliss-reactive ketones (excluding diaryl/α,β-unsaturated/α-hetero) is 1. The normalized spacial score (nSPS) is 12.4. The van der Waals surface area contributed by atoms with Gasteiger partial charge in [-0.3, -0.25) is 9.59 Å². The van der Waals surface area contributed by atoms with Gasteiger partial charge in [0.15, 0.2) is 5.78 Å². The summed E-state index contributed by atoms with van der Waals surface area (Å²) in [5.74, 6) is -1.36. The second-order valence-corrected chi connectivity index (χ2v) is 3.37. The summed E-state index contributed by atoms with van der Waals surface area (Å²) in [6.07, 6.45) is 2.06. The highest BCUT2D eigenvalue weighted by Crippen LogP contribution is 2.06. The molecule has 0 aromatic carbocycles. The van der Waals surface area contributed by atoms with E-state index in [1.54, 1.807) is 0 Å². The van der Waals surface area contributed by atoms with Crippen LogP contribution < -0.4 is 0 Å². The fourth-order valence-corrected chi connectivity index (χ4v) is 1.15. The molecule has 2 N–H and O–H groups in total. The molecule has 0 bridgehead atoms. The molecule has 0 radical (unpaired) electrons. The summed E-state index contributed by atoms with van der Waals surface area (Å²) in [7, 11) is 0. The van der Waals surface area contributed by atoms with Crippen molar-refractivity contribution in [1.82, 2.24) is 0 Å². The number of carboxylic acid groups (broad SMARTS) is 1. The first-order valence-electron chi connectivity index (χ1n) is 5.00. The van der Waals surface area contributed by atoms with Gasteiger partial charge >= 0.3 is 5.97 Å². The third kappa shape index (κ3) is 6.60. The molecular weight excluding hydrogens is 184 g/mol. The van der Waals surface area contributed by atoms with Crippen molar-refractivity contribution < 1.29 is 19.8 Å². The van der Waals surface area contributed by atoms with Gasteiger partial charge < -0.3 is 10.2 Å². The zero-order valence-electron chi connectivity index (χ0n) is 8.53. The molecule has 1 atom stereocenters. The van der Waals surface area contributed by atoms with Crippen LogP contribution in [0.3, 0.4) is 0 Å². The van der Waals surface area contributed by atoms with Gasteiger partial charge in [-0.1, -0.05) is 26.2 Å². The van der Waals surface area contributed by atoms with Crippen LogP contribution in [-0.2, 0) is 9.59 Å². The Morgan fingerprint density at radius 3 is 2.36 bits per heavy atom. The Labute approximate surface area is 83.9 Å². The monoisotopic (exact) mass is 202 g/mol. The smallest absolute Gasteiger partial charge is 0.303 e. The van der Waals surface area contributed by atoms with Gasteiger partial charge in [0.25, 0.3) is 0 Å². The van der Waals surface area contributed by atoms with E-state index in [1.807, 2.05) is 6.92 Å². The van der Waals surface area contributed by atoms with E-state index in [0.29, 0.717) is 6.42 Å². The Morgan fingerprint density at radius 1 is 1.21 bits per heavy atom. The van der Waals surface area contributed by atoms with E-state index in [-0.39, 0.29) is 18.6 Å². The lowest BCUT2D eigenvalue weighted by Gasteiger charge is -2.07. The Balaban J connectivity index is 3.59. The summed E-state index contributed by atoms with van der Waals surface area (Å²) in [5, 5.41) is 17.6. The van der Waals surface area contributed by atoms with E-state index in [4.69, 9.17) is 5.11 Å². The third-order valence-corrected chi connectivity index (χ3v) is 2.04. The SMILES string of the molecule is CCCCC[C@@H](O)C(=O)CCC(=O)O. The van der Waals surface area contributed by atoms with Crippen molar-refractivity contribution in [3.8, 4) is 0 Å². The molecule has 0 amide bonds. The van der Waals surface area contributed by atoms with E-state index >= 15 is 0 Å². The molecule has 0 spiro atoms. The van der Waals surface area contributed by atoms with Crippen LogP contribution in [0, 0.1) is 0 Å². The summed E-state index contributed by atoms with van der Waals surface area (Å²) in [6.45, 7) is 2.04. The minimum Gasteiger partial charge on any atom is -0.481 e. The summed E-state index contributed by atoms with van der Waals surface area (Å²) < 4.78 is 0. The first kappa shape index (κ1) is 13.1. The van der Waals surface area contributed by atoms with Crippen molar-refractivity contribution >= 4 is 11.8 Å². The first-order chi connectivity index (χ1) is 6.57. The van der Waals surface area contributed by atoms with Gasteiger partial charge in [0.05, 0.1) is 6.42 Å². The molecule has 0 heterocycles. The maximum atomic E-state index is 11.1. The van der Waals surface area contributed by atoms with Crippen LogP contribution in [0.4, 0.5) is 0 Å². The zero-order valence-corrected chi connectivity index (χ0v) is 8.53. The minimum atomic E-state index is -1.00.